The predicted molar refractivity (Wildman–Crippen MR) is 93.5 cm³/mol. The minimum atomic E-state index is -0.687. The van der Waals surface area contributed by atoms with Gasteiger partial charge in [-0.2, -0.15) is 0 Å². The average Bonchev–Trinajstić information content (AvgIpc) is 2.59. The lowest BCUT2D eigenvalue weighted by Gasteiger charge is -2.09. The second-order valence-electron chi connectivity index (χ2n) is 5.23. The Morgan fingerprint density at radius 2 is 1.76 bits per heavy atom. The number of carbonyl (C=O) groups is 2. The summed E-state index contributed by atoms with van der Waals surface area (Å²) >= 11 is 5.82. The van der Waals surface area contributed by atoms with Crippen molar-refractivity contribution in [3.63, 3.8) is 0 Å². The van der Waals surface area contributed by atoms with Gasteiger partial charge in [0, 0.05) is 13.1 Å². The third-order valence-electron chi connectivity index (χ3n) is 3.45. The van der Waals surface area contributed by atoms with Crippen LogP contribution in [0.4, 0.5) is 4.39 Å². The lowest BCUT2D eigenvalue weighted by molar-refractivity contribution is -0.120. The molecule has 132 valence electrons. The first-order valence-electron chi connectivity index (χ1n) is 7.63. The van der Waals surface area contributed by atoms with Gasteiger partial charge in [-0.3, -0.25) is 9.59 Å². The maximum Gasteiger partial charge on any atom is 0.255 e. The van der Waals surface area contributed by atoms with Crippen molar-refractivity contribution in [2.45, 2.75) is 6.42 Å². The third kappa shape index (κ3) is 5.46. The Morgan fingerprint density at radius 3 is 2.40 bits per heavy atom. The molecule has 5 nitrogen and oxygen atoms in total. The molecule has 25 heavy (non-hydrogen) atoms. The molecule has 0 bridgehead atoms. The van der Waals surface area contributed by atoms with Crippen LogP contribution in [0.2, 0.25) is 5.02 Å². The van der Waals surface area contributed by atoms with Gasteiger partial charge in [-0.25, -0.2) is 4.39 Å². The molecule has 0 atom stereocenters. The van der Waals surface area contributed by atoms with Crippen LogP contribution in [0.1, 0.15) is 15.9 Å². The van der Waals surface area contributed by atoms with Crippen LogP contribution in [0, 0.1) is 5.82 Å². The van der Waals surface area contributed by atoms with E-state index in [-0.39, 0.29) is 36.0 Å². The molecule has 0 aromatic heterocycles. The number of carbonyl (C=O) groups excluding carboxylic acids is 2. The van der Waals surface area contributed by atoms with Gasteiger partial charge in [0.05, 0.1) is 24.1 Å². The Bertz CT molecular complexity index is 730. The Labute approximate surface area is 150 Å². The number of nitrogens with one attached hydrogen (secondary N) is 2. The van der Waals surface area contributed by atoms with Crippen molar-refractivity contribution >= 4 is 23.4 Å². The van der Waals surface area contributed by atoms with E-state index in [4.69, 9.17) is 16.3 Å². The zero-order valence-corrected chi connectivity index (χ0v) is 14.4. The van der Waals surface area contributed by atoms with Gasteiger partial charge in [0.25, 0.3) is 5.91 Å². The van der Waals surface area contributed by atoms with Crippen molar-refractivity contribution in [2.24, 2.45) is 0 Å². The smallest absolute Gasteiger partial charge is 0.255 e. The molecule has 0 radical (unpaired) electrons. The van der Waals surface area contributed by atoms with Crippen molar-refractivity contribution < 1.29 is 18.7 Å². The van der Waals surface area contributed by atoms with Gasteiger partial charge >= 0.3 is 0 Å². The molecular weight excluding hydrogens is 347 g/mol. The van der Waals surface area contributed by atoms with Crippen molar-refractivity contribution in [3.8, 4) is 5.75 Å². The fourth-order valence-electron chi connectivity index (χ4n) is 2.17. The van der Waals surface area contributed by atoms with Gasteiger partial charge < -0.3 is 15.4 Å². The monoisotopic (exact) mass is 364 g/mol. The van der Waals surface area contributed by atoms with E-state index in [1.54, 1.807) is 31.4 Å². The van der Waals surface area contributed by atoms with E-state index in [9.17, 15) is 14.0 Å². The molecule has 0 aliphatic heterocycles. The molecule has 2 amide bonds. The number of hydrogen-bond acceptors (Lipinski definition) is 3. The number of benzene rings is 2. The number of methoxy groups -OCH3 is 1. The molecule has 0 saturated carbocycles. The molecule has 2 rings (SSSR count). The molecular formula is C18H18ClFN2O3. The highest BCUT2D eigenvalue weighted by Crippen LogP contribution is 2.18. The summed E-state index contributed by atoms with van der Waals surface area (Å²) in [6.45, 7) is 0.394. The van der Waals surface area contributed by atoms with Gasteiger partial charge in [0.1, 0.15) is 11.6 Å². The summed E-state index contributed by atoms with van der Waals surface area (Å²) in [5, 5.41) is 5.25. The van der Waals surface area contributed by atoms with E-state index >= 15 is 0 Å². The van der Waals surface area contributed by atoms with Crippen molar-refractivity contribution in [2.75, 3.05) is 20.2 Å². The Kier molecular flexibility index (Phi) is 6.77. The molecule has 0 spiro atoms. The number of hydrogen-bond donors (Lipinski definition) is 2. The number of halogens is 2. The van der Waals surface area contributed by atoms with Crippen LogP contribution in [0.5, 0.6) is 5.75 Å². The molecule has 2 aromatic carbocycles. The van der Waals surface area contributed by atoms with Crippen molar-refractivity contribution in [3.05, 3.63) is 64.4 Å². The summed E-state index contributed by atoms with van der Waals surface area (Å²) in [7, 11) is 1.57. The minimum absolute atomic E-state index is 0.0426. The highest BCUT2D eigenvalue weighted by atomic mass is 35.5. The van der Waals surface area contributed by atoms with Crippen molar-refractivity contribution in [1.29, 1.82) is 0 Å². The van der Waals surface area contributed by atoms with Crippen LogP contribution in [0.25, 0.3) is 0 Å². The van der Waals surface area contributed by atoms with Gasteiger partial charge in [0.2, 0.25) is 5.91 Å². The van der Waals surface area contributed by atoms with Gasteiger partial charge in [-0.1, -0.05) is 29.8 Å². The van der Waals surface area contributed by atoms with Crippen LogP contribution in [-0.2, 0) is 11.2 Å². The fourth-order valence-corrected chi connectivity index (χ4v) is 2.42. The number of ether oxygens (including phenoxy) is 1. The summed E-state index contributed by atoms with van der Waals surface area (Å²) in [4.78, 5) is 23.8. The highest BCUT2D eigenvalue weighted by molar-refractivity contribution is 6.33. The second-order valence-corrected chi connectivity index (χ2v) is 5.63. The predicted octanol–water partition coefficient (Wildman–Crippen LogP) is 2.58. The summed E-state index contributed by atoms with van der Waals surface area (Å²) in [6, 6.07) is 11.2. The Balaban J connectivity index is 1.75. The first-order valence-corrected chi connectivity index (χ1v) is 8.01. The summed E-state index contributed by atoms with van der Waals surface area (Å²) in [5.74, 6) is -0.761. The Morgan fingerprint density at radius 1 is 1.08 bits per heavy atom. The van der Waals surface area contributed by atoms with E-state index in [0.717, 1.165) is 17.4 Å². The summed E-state index contributed by atoms with van der Waals surface area (Å²) < 4.78 is 18.7. The van der Waals surface area contributed by atoms with Crippen LogP contribution < -0.4 is 15.4 Å². The number of amides is 2. The maximum absolute atomic E-state index is 13.6. The van der Waals surface area contributed by atoms with E-state index in [2.05, 4.69) is 10.6 Å². The largest absolute Gasteiger partial charge is 0.497 e. The van der Waals surface area contributed by atoms with Gasteiger partial charge in [-0.05, 0) is 29.8 Å². The van der Waals surface area contributed by atoms with E-state index in [1.807, 2.05) is 0 Å². The van der Waals surface area contributed by atoms with Crippen LogP contribution in [-0.4, -0.2) is 32.0 Å². The molecule has 0 aliphatic carbocycles. The standard InChI is InChI=1S/C18H18ClFN2O3/c1-25-13-7-5-12(6-8-13)11-16(23)21-9-10-22-18(24)17-14(19)3-2-4-15(17)20/h2-8H,9-11H2,1H3,(H,21,23)(H,22,24). The fraction of sp³-hybridized carbons (Fsp3) is 0.222. The van der Waals surface area contributed by atoms with Gasteiger partial charge in [0.15, 0.2) is 0 Å². The summed E-state index contributed by atoms with van der Waals surface area (Å²) in [5.41, 5.74) is 0.647. The topological polar surface area (TPSA) is 67.4 Å². The number of rotatable bonds is 7. The van der Waals surface area contributed by atoms with Gasteiger partial charge in [-0.15, -0.1) is 0 Å². The van der Waals surface area contributed by atoms with Crippen LogP contribution in [0.3, 0.4) is 0 Å². The first kappa shape index (κ1) is 18.7. The molecule has 0 fully saturated rings. The van der Waals surface area contributed by atoms with Crippen molar-refractivity contribution in [1.82, 2.24) is 10.6 Å². The molecule has 2 aromatic rings. The Hall–Kier alpha value is -2.60. The maximum atomic E-state index is 13.6. The molecule has 0 aliphatic rings. The summed E-state index contributed by atoms with van der Waals surface area (Å²) in [6.07, 6.45) is 0.219. The third-order valence-corrected chi connectivity index (χ3v) is 3.76. The lowest BCUT2D eigenvalue weighted by Crippen LogP contribution is -2.35. The first-order chi connectivity index (χ1) is 12.0. The SMILES string of the molecule is COc1ccc(CC(=O)NCCNC(=O)c2c(F)cccc2Cl)cc1. The molecule has 7 heteroatoms. The van der Waals surface area contributed by atoms with E-state index in [0.29, 0.717) is 0 Å². The van der Waals surface area contributed by atoms with Crippen LogP contribution in [0.15, 0.2) is 42.5 Å². The van der Waals surface area contributed by atoms with E-state index in [1.165, 1.54) is 12.1 Å². The molecule has 0 saturated heterocycles. The highest BCUT2D eigenvalue weighted by Gasteiger charge is 2.15. The zero-order valence-electron chi connectivity index (χ0n) is 13.6. The quantitative estimate of drug-likeness (QED) is 0.742. The molecule has 0 heterocycles. The minimum Gasteiger partial charge on any atom is -0.497 e. The zero-order chi connectivity index (χ0) is 18.2. The molecule has 0 unspecified atom stereocenters. The average molecular weight is 365 g/mol. The van der Waals surface area contributed by atoms with Crippen LogP contribution >= 0.6 is 11.6 Å². The second kappa shape index (κ2) is 9.03. The molecule has 2 N–H and O–H groups in total. The lowest BCUT2D eigenvalue weighted by atomic mass is 10.1. The van der Waals surface area contributed by atoms with E-state index < -0.39 is 11.7 Å². The normalized spacial score (nSPS) is 10.2.